The van der Waals surface area contributed by atoms with Crippen LogP contribution >= 0.6 is 22.9 Å². The lowest BCUT2D eigenvalue weighted by Crippen LogP contribution is -2.12. The highest BCUT2D eigenvalue weighted by Gasteiger charge is 2.16. The Kier molecular flexibility index (Phi) is 4.28. The molecule has 2 aromatic rings. The first kappa shape index (κ1) is 14.1. The fourth-order valence-corrected chi connectivity index (χ4v) is 3.54. The maximum absolute atomic E-state index is 12.1. The molecule has 0 amide bonds. The van der Waals surface area contributed by atoms with Gasteiger partial charge in [-0.05, 0) is 24.3 Å². The molecule has 0 aliphatic carbocycles. The first-order valence-electron chi connectivity index (χ1n) is 5.22. The van der Waals surface area contributed by atoms with Crippen molar-refractivity contribution in [3.05, 3.63) is 35.3 Å². The fraction of sp³-hybridized carbons (Fsp3) is 0.182. The summed E-state index contributed by atoms with van der Waals surface area (Å²) in [4.78, 5) is 4.19. The Morgan fingerprint density at radius 1 is 1.37 bits per heavy atom. The Balaban J connectivity index is 2.21. The van der Waals surface area contributed by atoms with E-state index in [9.17, 15) is 8.42 Å². The molecule has 102 valence electrons. The number of hydrogen-bond acceptors (Lipinski definition) is 5. The van der Waals surface area contributed by atoms with Gasteiger partial charge in [-0.3, -0.25) is 4.72 Å². The van der Waals surface area contributed by atoms with Crippen molar-refractivity contribution in [3.8, 4) is 5.75 Å². The SMILES string of the molecule is COc1ccc(S(=O)(=O)Nc2nc(CCl)cs2)cc1. The summed E-state index contributed by atoms with van der Waals surface area (Å²) in [6, 6.07) is 6.11. The molecule has 5 nitrogen and oxygen atoms in total. The van der Waals surface area contributed by atoms with E-state index >= 15 is 0 Å². The number of rotatable bonds is 5. The molecule has 0 radical (unpaired) electrons. The van der Waals surface area contributed by atoms with Gasteiger partial charge in [-0.15, -0.1) is 22.9 Å². The van der Waals surface area contributed by atoms with Crippen LogP contribution in [0.15, 0.2) is 34.5 Å². The topological polar surface area (TPSA) is 68.3 Å². The summed E-state index contributed by atoms with van der Waals surface area (Å²) < 4.78 is 31.5. The van der Waals surface area contributed by atoms with E-state index in [1.807, 2.05) is 0 Å². The summed E-state index contributed by atoms with van der Waals surface area (Å²) in [7, 11) is -2.12. The number of methoxy groups -OCH3 is 1. The normalized spacial score (nSPS) is 11.3. The molecule has 1 aromatic carbocycles. The summed E-state index contributed by atoms with van der Waals surface area (Å²) in [5.74, 6) is 0.846. The van der Waals surface area contributed by atoms with E-state index in [1.54, 1.807) is 17.5 Å². The van der Waals surface area contributed by atoms with Gasteiger partial charge in [-0.25, -0.2) is 13.4 Å². The number of benzene rings is 1. The second-order valence-corrected chi connectivity index (χ2v) is 6.37. The Hall–Kier alpha value is -1.31. The third kappa shape index (κ3) is 3.37. The van der Waals surface area contributed by atoms with Gasteiger partial charge in [0.05, 0.1) is 23.6 Å². The Morgan fingerprint density at radius 3 is 2.58 bits per heavy atom. The number of nitrogens with one attached hydrogen (secondary N) is 1. The van der Waals surface area contributed by atoms with Crippen LogP contribution < -0.4 is 9.46 Å². The molecule has 0 aliphatic heterocycles. The van der Waals surface area contributed by atoms with Gasteiger partial charge in [0, 0.05) is 5.38 Å². The summed E-state index contributed by atoms with van der Waals surface area (Å²) >= 11 is 6.81. The zero-order chi connectivity index (χ0) is 13.9. The minimum Gasteiger partial charge on any atom is -0.497 e. The van der Waals surface area contributed by atoms with Crippen LogP contribution in [0, 0.1) is 0 Å². The second-order valence-electron chi connectivity index (χ2n) is 3.56. The monoisotopic (exact) mass is 318 g/mol. The fourth-order valence-electron chi connectivity index (χ4n) is 1.34. The number of halogens is 1. The van der Waals surface area contributed by atoms with Crippen LogP contribution in [0.3, 0.4) is 0 Å². The average molecular weight is 319 g/mol. The molecular weight excluding hydrogens is 308 g/mol. The lowest BCUT2D eigenvalue weighted by atomic mass is 10.3. The minimum atomic E-state index is -3.63. The van der Waals surface area contributed by atoms with E-state index in [1.165, 1.54) is 30.6 Å². The molecule has 0 bridgehead atoms. The van der Waals surface area contributed by atoms with Gasteiger partial charge in [0.25, 0.3) is 10.0 Å². The van der Waals surface area contributed by atoms with Gasteiger partial charge in [-0.2, -0.15) is 0 Å². The molecule has 0 aliphatic rings. The largest absolute Gasteiger partial charge is 0.497 e. The number of thiazole rings is 1. The van der Waals surface area contributed by atoms with Crippen LogP contribution in [0.4, 0.5) is 5.13 Å². The van der Waals surface area contributed by atoms with Crippen molar-refractivity contribution in [3.63, 3.8) is 0 Å². The number of sulfonamides is 1. The number of aromatic nitrogens is 1. The summed E-state index contributed by atoms with van der Waals surface area (Å²) in [6.07, 6.45) is 0. The van der Waals surface area contributed by atoms with Gasteiger partial charge < -0.3 is 4.74 Å². The Morgan fingerprint density at radius 2 is 2.05 bits per heavy atom. The van der Waals surface area contributed by atoms with Crippen LogP contribution in [0.25, 0.3) is 0 Å². The summed E-state index contributed by atoms with van der Waals surface area (Å²) in [6.45, 7) is 0. The van der Waals surface area contributed by atoms with E-state index in [4.69, 9.17) is 16.3 Å². The standard InChI is InChI=1S/C11H11ClN2O3S2/c1-17-9-2-4-10(5-3-9)19(15,16)14-11-13-8(6-12)7-18-11/h2-5,7H,6H2,1H3,(H,13,14). The number of hydrogen-bond donors (Lipinski definition) is 1. The Bertz CT molecular complexity index is 653. The lowest BCUT2D eigenvalue weighted by molar-refractivity contribution is 0.414. The highest BCUT2D eigenvalue weighted by atomic mass is 35.5. The van der Waals surface area contributed by atoms with Crippen LogP contribution in [0.2, 0.25) is 0 Å². The smallest absolute Gasteiger partial charge is 0.263 e. The van der Waals surface area contributed by atoms with Crippen molar-refractivity contribution in [2.45, 2.75) is 10.8 Å². The molecule has 1 aromatic heterocycles. The molecule has 0 saturated heterocycles. The quantitative estimate of drug-likeness (QED) is 0.861. The van der Waals surface area contributed by atoms with E-state index < -0.39 is 10.0 Å². The lowest BCUT2D eigenvalue weighted by Gasteiger charge is -2.05. The maximum atomic E-state index is 12.1. The van der Waals surface area contributed by atoms with Gasteiger partial charge in [0.15, 0.2) is 5.13 Å². The first-order chi connectivity index (χ1) is 9.05. The third-order valence-electron chi connectivity index (χ3n) is 2.28. The maximum Gasteiger partial charge on any atom is 0.263 e. The predicted octanol–water partition coefficient (Wildman–Crippen LogP) is 2.69. The van der Waals surface area contributed by atoms with Crippen molar-refractivity contribution < 1.29 is 13.2 Å². The molecule has 0 spiro atoms. The molecule has 8 heteroatoms. The third-order valence-corrected chi connectivity index (χ3v) is 4.84. The minimum absolute atomic E-state index is 0.149. The number of alkyl halides is 1. The molecule has 19 heavy (non-hydrogen) atoms. The van der Waals surface area contributed by atoms with Crippen molar-refractivity contribution in [2.24, 2.45) is 0 Å². The molecule has 1 heterocycles. The van der Waals surface area contributed by atoms with Crippen LogP contribution in [0.5, 0.6) is 5.75 Å². The molecule has 0 fully saturated rings. The van der Waals surface area contributed by atoms with Gasteiger partial charge >= 0.3 is 0 Å². The number of ether oxygens (including phenoxy) is 1. The highest BCUT2D eigenvalue weighted by Crippen LogP contribution is 2.22. The van der Waals surface area contributed by atoms with Crippen molar-refractivity contribution in [1.29, 1.82) is 0 Å². The first-order valence-corrected chi connectivity index (χ1v) is 8.12. The van der Waals surface area contributed by atoms with Crippen LogP contribution in [-0.4, -0.2) is 20.5 Å². The summed E-state index contributed by atoms with van der Waals surface area (Å²) in [5.41, 5.74) is 0.638. The van der Waals surface area contributed by atoms with Crippen molar-refractivity contribution in [1.82, 2.24) is 4.98 Å². The number of anilines is 1. The van der Waals surface area contributed by atoms with Gasteiger partial charge in [-0.1, -0.05) is 0 Å². The molecule has 1 N–H and O–H groups in total. The van der Waals surface area contributed by atoms with Crippen LogP contribution in [0.1, 0.15) is 5.69 Å². The molecule has 0 unspecified atom stereocenters. The Labute approximate surface area is 120 Å². The predicted molar refractivity (Wildman–Crippen MR) is 75.5 cm³/mol. The van der Waals surface area contributed by atoms with E-state index in [-0.39, 0.29) is 10.8 Å². The zero-order valence-electron chi connectivity index (χ0n) is 9.96. The van der Waals surface area contributed by atoms with Crippen molar-refractivity contribution in [2.75, 3.05) is 11.8 Å². The second kappa shape index (κ2) is 5.77. The average Bonchev–Trinajstić information content (AvgIpc) is 2.85. The van der Waals surface area contributed by atoms with E-state index in [2.05, 4.69) is 9.71 Å². The molecule has 2 rings (SSSR count). The van der Waals surface area contributed by atoms with Gasteiger partial charge in [0.1, 0.15) is 5.75 Å². The zero-order valence-corrected chi connectivity index (χ0v) is 12.3. The van der Waals surface area contributed by atoms with E-state index in [0.717, 1.165) is 0 Å². The van der Waals surface area contributed by atoms with Gasteiger partial charge in [0.2, 0.25) is 0 Å². The summed E-state index contributed by atoms with van der Waals surface area (Å²) in [5, 5.41) is 2.00. The number of nitrogens with zero attached hydrogens (tertiary/aromatic N) is 1. The molecular formula is C11H11ClN2O3S2. The molecule has 0 atom stereocenters. The highest BCUT2D eigenvalue weighted by molar-refractivity contribution is 7.93. The van der Waals surface area contributed by atoms with Crippen LogP contribution in [-0.2, 0) is 15.9 Å². The van der Waals surface area contributed by atoms with E-state index in [0.29, 0.717) is 16.6 Å². The molecule has 0 saturated carbocycles. The van der Waals surface area contributed by atoms with Crippen molar-refractivity contribution >= 4 is 38.1 Å².